The minimum atomic E-state index is -0.698. The maximum Gasteiger partial charge on any atom is 0.252 e. The van der Waals surface area contributed by atoms with Gasteiger partial charge in [0.25, 0.3) is 5.91 Å². The van der Waals surface area contributed by atoms with Crippen LogP contribution in [0.1, 0.15) is 50.5 Å². The van der Waals surface area contributed by atoms with Crippen LogP contribution in [0.2, 0.25) is 0 Å². The summed E-state index contributed by atoms with van der Waals surface area (Å²) in [6, 6.07) is 6.25. The van der Waals surface area contributed by atoms with Crippen molar-refractivity contribution in [2.45, 2.75) is 56.0 Å². The summed E-state index contributed by atoms with van der Waals surface area (Å²) in [5, 5.41) is 6.56. The van der Waals surface area contributed by atoms with E-state index in [0.29, 0.717) is 19.4 Å². The molecule has 4 rings (SSSR count). The summed E-state index contributed by atoms with van der Waals surface area (Å²) in [4.78, 5) is 13.0. The highest BCUT2D eigenvalue weighted by molar-refractivity contribution is 5.85. The highest BCUT2D eigenvalue weighted by Gasteiger charge is 2.42. The van der Waals surface area contributed by atoms with E-state index in [9.17, 15) is 4.79 Å². The molecule has 2 heterocycles. The largest absolute Gasteiger partial charge is 0.454 e. The molecule has 2 fully saturated rings. The Hall–Kier alpha value is -1.79. The van der Waals surface area contributed by atoms with Gasteiger partial charge in [0.1, 0.15) is 5.60 Å². The summed E-state index contributed by atoms with van der Waals surface area (Å²) in [7, 11) is 1.65. The molecule has 0 atom stereocenters. The number of nitrogens with one attached hydrogen (secondary N) is 2. The van der Waals surface area contributed by atoms with E-state index in [2.05, 4.69) is 22.8 Å². The molecule has 3 aliphatic rings. The lowest BCUT2D eigenvalue weighted by atomic mass is 9.69. The monoisotopic (exact) mass is 374 g/mol. The lowest BCUT2D eigenvalue weighted by molar-refractivity contribution is -0.147. The average Bonchev–Trinajstić information content (AvgIpc) is 3.21. The number of ether oxygens (including phenoxy) is 3. The zero-order chi connectivity index (χ0) is 18.7. The number of carbonyl (C=O) groups excluding carboxylic acids is 1. The highest BCUT2D eigenvalue weighted by atomic mass is 16.7. The Morgan fingerprint density at radius 1 is 1.11 bits per heavy atom. The molecule has 0 bridgehead atoms. The van der Waals surface area contributed by atoms with Crippen molar-refractivity contribution in [3.05, 3.63) is 23.8 Å². The van der Waals surface area contributed by atoms with Crippen molar-refractivity contribution in [3.63, 3.8) is 0 Å². The fourth-order valence-electron chi connectivity index (χ4n) is 4.79. The number of benzene rings is 1. The molecule has 0 aromatic heterocycles. The van der Waals surface area contributed by atoms with Gasteiger partial charge in [0, 0.05) is 19.1 Å². The Morgan fingerprint density at radius 3 is 2.59 bits per heavy atom. The summed E-state index contributed by atoms with van der Waals surface area (Å²) < 4.78 is 16.7. The molecule has 0 radical (unpaired) electrons. The number of carbonyl (C=O) groups is 1. The van der Waals surface area contributed by atoms with E-state index < -0.39 is 5.60 Å². The molecule has 2 aliphatic heterocycles. The maximum absolute atomic E-state index is 13.0. The third kappa shape index (κ3) is 3.52. The van der Waals surface area contributed by atoms with Gasteiger partial charge in [-0.2, -0.15) is 0 Å². The van der Waals surface area contributed by atoms with Gasteiger partial charge in [0.2, 0.25) is 6.79 Å². The molecule has 1 aliphatic carbocycles. The van der Waals surface area contributed by atoms with E-state index in [-0.39, 0.29) is 18.1 Å². The van der Waals surface area contributed by atoms with E-state index in [0.717, 1.165) is 37.4 Å². The smallest absolute Gasteiger partial charge is 0.252 e. The molecular weight excluding hydrogens is 344 g/mol. The molecule has 2 N–H and O–H groups in total. The van der Waals surface area contributed by atoms with E-state index >= 15 is 0 Å². The van der Waals surface area contributed by atoms with Crippen molar-refractivity contribution in [1.29, 1.82) is 0 Å². The van der Waals surface area contributed by atoms with Crippen LogP contribution in [-0.4, -0.2) is 45.0 Å². The van der Waals surface area contributed by atoms with Crippen LogP contribution >= 0.6 is 0 Å². The van der Waals surface area contributed by atoms with Crippen molar-refractivity contribution in [3.8, 4) is 11.5 Å². The number of piperidine rings is 1. The van der Waals surface area contributed by atoms with Crippen LogP contribution in [0.5, 0.6) is 11.5 Å². The average molecular weight is 374 g/mol. The Bertz CT molecular complexity index is 679. The van der Waals surface area contributed by atoms with Gasteiger partial charge in [-0.1, -0.05) is 25.3 Å². The predicted molar refractivity (Wildman–Crippen MR) is 102 cm³/mol. The molecule has 1 saturated carbocycles. The number of hydrogen-bond acceptors (Lipinski definition) is 5. The molecule has 1 aromatic carbocycles. The first-order chi connectivity index (χ1) is 13.2. The van der Waals surface area contributed by atoms with E-state index in [1.54, 1.807) is 7.11 Å². The minimum absolute atomic E-state index is 0.0252. The normalized spacial score (nSPS) is 23.0. The van der Waals surface area contributed by atoms with Gasteiger partial charge in [0.05, 0.1) is 0 Å². The topological polar surface area (TPSA) is 68.8 Å². The van der Waals surface area contributed by atoms with Crippen LogP contribution in [0.4, 0.5) is 0 Å². The van der Waals surface area contributed by atoms with E-state index in [1.807, 2.05) is 6.07 Å². The zero-order valence-electron chi connectivity index (χ0n) is 16.1. The predicted octanol–water partition coefficient (Wildman–Crippen LogP) is 2.50. The fraction of sp³-hybridized carbons (Fsp3) is 0.667. The van der Waals surface area contributed by atoms with Crippen molar-refractivity contribution in [1.82, 2.24) is 10.6 Å². The van der Waals surface area contributed by atoms with Crippen molar-refractivity contribution in [2.24, 2.45) is 0 Å². The molecule has 27 heavy (non-hydrogen) atoms. The van der Waals surface area contributed by atoms with Crippen LogP contribution in [-0.2, 0) is 14.9 Å². The maximum atomic E-state index is 13.0. The quantitative estimate of drug-likeness (QED) is 0.829. The van der Waals surface area contributed by atoms with Crippen molar-refractivity contribution < 1.29 is 19.0 Å². The van der Waals surface area contributed by atoms with Gasteiger partial charge in [-0.15, -0.1) is 0 Å². The molecule has 148 valence electrons. The molecule has 1 saturated heterocycles. The number of amides is 1. The zero-order valence-corrected chi connectivity index (χ0v) is 16.1. The van der Waals surface area contributed by atoms with Gasteiger partial charge in [0.15, 0.2) is 11.5 Å². The van der Waals surface area contributed by atoms with Crippen LogP contribution in [0.25, 0.3) is 0 Å². The second-order valence-electron chi connectivity index (χ2n) is 8.04. The SMILES string of the molecule is COC1(C(=O)NCC2(c3ccc4c(c3)OCO4)CCCCC2)CCNCC1. The third-order valence-corrected chi connectivity index (χ3v) is 6.60. The third-order valence-electron chi connectivity index (χ3n) is 6.60. The Labute approximate surface area is 160 Å². The number of methoxy groups -OCH3 is 1. The number of rotatable bonds is 5. The molecular formula is C21H30N2O4. The van der Waals surface area contributed by atoms with E-state index in [1.165, 1.54) is 24.8 Å². The summed E-state index contributed by atoms with van der Waals surface area (Å²) in [6.45, 7) is 2.56. The van der Waals surface area contributed by atoms with Gasteiger partial charge in [-0.3, -0.25) is 4.79 Å². The van der Waals surface area contributed by atoms with Crippen LogP contribution < -0.4 is 20.1 Å². The number of hydrogen-bond donors (Lipinski definition) is 2. The van der Waals surface area contributed by atoms with Gasteiger partial charge in [-0.25, -0.2) is 0 Å². The van der Waals surface area contributed by atoms with Crippen LogP contribution in [0.15, 0.2) is 18.2 Å². The van der Waals surface area contributed by atoms with Crippen molar-refractivity contribution in [2.75, 3.05) is 33.5 Å². The molecule has 6 heteroatoms. The van der Waals surface area contributed by atoms with Gasteiger partial charge in [-0.05, 0) is 56.5 Å². The summed E-state index contributed by atoms with van der Waals surface area (Å²) in [5.74, 6) is 1.65. The Morgan fingerprint density at radius 2 is 1.85 bits per heavy atom. The summed E-state index contributed by atoms with van der Waals surface area (Å²) >= 11 is 0. The Balaban J connectivity index is 1.53. The minimum Gasteiger partial charge on any atom is -0.454 e. The fourth-order valence-corrected chi connectivity index (χ4v) is 4.79. The molecule has 0 spiro atoms. The first-order valence-electron chi connectivity index (χ1n) is 10.1. The molecule has 1 aromatic rings. The lowest BCUT2D eigenvalue weighted by Gasteiger charge is -2.40. The standard InChI is InChI=1S/C21H30N2O4/c1-25-21(9-11-22-12-10-21)19(24)23-14-20(7-3-2-4-8-20)16-5-6-17-18(13-16)27-15-26-17/h5-6,13,22H,2-4,7-12,14-15H2,1H3,(H,23,24). The first kappa shape index (κ1) is 18.6. The second-order valence-corrected chi connectivity index (χ2v) is 8.04. The van der Waals surface area contributed by atoms with Crippen molar-refractivity contribution >= 4 is 5.91 Å². The van der Waals surface area contributed by atoms with Crippen LogP contribution in [0.3, 0.4) is 0 Å². The summed E-state index contributed by atoms with van der Waals surface area (Å²) in [5.41, 5.74) is 0.496. The Kier molecular flexibility index (Phi) is 5.28. The van der Waals surface area contributed by atoms with Crippen LogP contribution in [0, 0.1) is 0 Å². The van der Waals surface area contributed by atoms with E-state index in [4.69, 9.17) is 14.2 Å². The summed E-state index contributed by atoms with van der Waals surface area (Å²) in [6.07, 6.45) is 7.21. The number of fused-ring (bicyclic) bond motifs is 1. The highest BCUT2D eigenvalue weighted by Crippen LogP contribution is 2.43. The van der Waals surface area contributed by atoms with Gasteiger partial charge < -0.3 is 24.8 Å². The molecule has 1 amide bonds. The second kappa shape index (κ2) is 7.68. The first-order valence-corrected chi connectivity index (χ1v) is 10.1. The molecule has 6 nitrogen and oxygen atoms in total. The van der Waals surface area contributed by atoms with Gasteiger partial charge >= 0.3 is 0 Å². The lowest BCUT2D eigenvalue weighted by Crippen LogP contribution is -2.56. The molecule has 0 unspecified atom stereocenters.